The lowest BCUT2D eigenvalue weighted by Crippen LogP contribution is -2.21. The van der Waals surface area contributed by atoms with E-state index in [1.165, 1.54) is 43.5 Å². The van der Waals surface area contributed by atoms with E-state index in [4.69, 9.17) is 9.47 Å². The van der Waals surface area contributed by atoms with E-state index in [1.54, 1.807) is 12.1 Å². The third kappa shape index (κ3) is 3.78. The molecule has 0 aliphatic heterocycles. The van der Waals surface area contributed by atoms with Crippen LogP contribution in [0.3, 0.4) is 0 Å². The fourth-order valence-corrected chi connectivity index (χ4v) is 1.90. The number of hydrogen-bond donors (Lipinski definition) is 0. The van der Waals surface area contributed by atoms with Crippen molar-refractivity contribution in [1.82, 2.24) is 0 Å². The Morgan fingerprint density at radius 3 is 2.57 bits per heavy atom. The van der Waals surface area contributed by atoms with E-state index >= 15 is 0 Å². The first-order chi connectivity index (χ1) is 10.1. The van der Waals surface area contributed by atoms with E-state index in [2.05, 4.69) is 0 Å². The highest BCUT2D eigenvalue weighted by molar-refractivity contribution is 5.78. The Morgan fingerprint density at radius 1 is 1.14 bits per heavy atom. The van der Waals surface area contributed by atoms with Crippen molar-refractivity contribution < 1.29 is 23.0 Å². The van der Waals surface area contributed by atoms with Gasteiger partial charge in [0.1, 0.15) is 18.3 Å². The SMILES string of the molecule is COC(=O)C(COc1ccccc1F)c1cccc(F)c1. The number of esters is 1. The van der Waals surface area contributed by atoms with Crippen LogP contribution in [0.5, 0.6) is 5.75 Å². The molecule has 3 nitrogen and oxygen atoms in total. The summed E-state index contributed by atoms with van der Waals surface area (Å²) in [6.07, 6.45) is 0. The van der Waals surface area contributed by atoms with Gasteiger partial charge in [-0.25, -0.2) is 8.78 Å². The van der Waals surface area contributed by atoms with Crippen LogP contribution in [-0.2, 0) is 9.53 Å². The largest absolute Gasteiger partial charge is 0.489 e. The molecule has 0 aromatic heterocycles. The van der Waals surface area contributed by atoms with Crippen molar-refractivity contribution in [3.8, 4) is 5.75 Å². The average molecular weight is 292 g/mol. The summed E-state index contributed by atoms with van der Waals surface area (Å²) in [6.45, 7) is -0.142. The van der Waals surface area contributed by atoms with Crippen LogP contribution in [0.2, 0.25) is 0 Å². The molecule has 0 spiro atoms. The second-order valence-corrected chi connectivity index (χ2v) is 4.37. The fourth-order valence-electron chi connectivity index (χ4n) is 1.90. The minimum atomic E-state index is -0.828. The second kappa shape index (κ2) is 6.83. The zero-order valence-electron chi connectivity index (χ0n) is 11.4. The molecule has 0 fully saturated rings. The number of para-hydroxylation sites is 1. The molecule has 2 aromatic rings. The normalized spacial score (nSPS) is 11.8. The highest BCUT2D eigenvalue weighted by Gasteiger charge is 2.23. The van der Waals surface area contributed by atoms with Crippen molar-refractivity contribution in [1.29, 1.82) is 0 Å². The number of benzene rings is 2. The quantitative estimate of drug-likeness (QED) is 0.793. The lowest BCUT2D eigenvalue weighted by Gasteiger charge is -2.16. The third-order valence-electron chi connectivity index (χ3n) is 2.98. The average Bonchev–Trinajstić information content (AvgIpc) is 2.49. The Labute approximate surface area is 121 Å². The van der Waals surface area contributed by atoms with Crippen molar-refractivity contribution in [3.05, 3.63) is 65.7 Å². The topological polar surface area (TPSA) is 35.5 Å². The molecular formula is C16H14F2O3. The van der Waals surface area contributed by atoms with Gasteiger partial charge in [-0.1, -0.05) is 24.3 Å². The zero-order valence-corrected chi connectivity index (χ0v) is 11.4. The van der Waals surface area contributed by atoms with Gasteiger partial charge in [-0.2, -0.15) is 0 Å². The van der Waals surface area contributed by atoms with Crippen LogP contribution in [-0.4, -0.2) is 19.7 Å². The molecule has 0 bridgehead atoms. The summed E-state index contributed by atoms with van der Waals surface area (Å²) in [5.74, 6) is -2.36. The first-order valence-corrected chi connectivity index (χ1v) is 6.32. The number of hydrogen-bond acceptors (Lipinski definition) is 3. The minimum absolute atomic E-state index is 0.0304. The molecule has 0 saturated heterocycles. The highest BCUT2D eigenvalue weighted by atomic mass is 19.1. The Hall–Kier alpha value is -2.43. The zero-order chi connectivity index (χ0) is 15.2. The summed E-state index contributed by atoms with van der Waals surface area (Å²) >= 11 is 0. The predicted molar refractivity (Wildman–Crippen MR) is 73.1 cm³/mol. The first kappa shape index (κ1) is 15.0. The Morgan fingerprint density at radius 2 is 1.90 bits per heavy atom. The van der Waals surface area contributed by atoms with Gasteiger partial charge in [-0.3, -0.25) is 4.79 Å². The number of rotatable bonds is 5. The summed E-state index contributed by atoms with van der Waals surface area (Å²) in [5, 5.41) is 0. The van der Waals surface area contributed by atoms with Crippen molar-refractivity contribution in [2.75, 3.05) is 13.7 Å². The monoisotopic (exact) mass is 292 g/mol. The Bertz CT molecular complexity index is 628. The summed E-state index contributed by atoms with van der Waals surface area (Å²) in [7, 11) is 1.23. The van der Waals surface area contributed by atoms with Gasteiger partial charge in [0.2, 0.25) is 0 Å². The highest BCUT2D eigenvalue weighted by Crippen LogP contribution is 2.22. The number of carbonyl (C=O) groups excluding carboxylic acids is 1. The van der Waals surface area contributed by atoms with E-state index in [0.717, 1.165) is 0 Å². The van der Waals surface area contributed by atoms with Gasteiger partial charge in [0, 0.05) is 0 Å². The van der Waals surface area contributed by atoms with E-state index < -0.39 is 23.5 Å². The maximum absolute atomic E-state index is 13.5. The molecule has 0 radical (unpaired) electrons. The van der Waals surface area contributed by atoms with Gasteiger partial charge in [0.25, 0.3) is 0 Å². The van der Waals surface area contributed by atoms with Crippen molar-refractivity contribution >= 4 is 5.97 Å². The lowest BCUT2D eigenvalue weighted by molar-refractivity contribution is -0.143. The van der Waals surface area contributed by atoms with Crippen LogP contribution in [0.1, 0.15) is 11.5 Å². The number of ether oxygens (including phenoxy) is 2. The molecule has 1 atom stereocenters. The molecule has 0 N–H and O–H groups in total. The number of methoxy groups -OCH3 is 1. The van der Waals surface area contributed by atoms with Crippen molar-refractivity contribution in [2.24, 2.45) is 0 Å². The van der Waals surface area contributed by atoms with Gasteiger partial charge >= 0.3 is 5.97 Å². The van der Waals surface area contributed by atoms with Crippen LogP contribution in [0, 0.1) is 11.6 Å². The summed E-state index contributed by atoms with van der Waals surface area (Å²) < 4.78 is 36.8. The molecule has 0 heterocycles. The fraction of sp³-hybridized carbons (Fsp3) is 0.188. The van der Waals surface area contributed by atoms with Gasteiger partial charge in [0.15, 0.2) is 11.6 Å². The van der Waals surface area contributed by atoms with E-state index in [9.17, 15) is 13.6 Å². The number of carbonyl (C=O) groups is 1. The molecule has 0 amide bonds. The second-order valence-electron chi connectivity index (χ2n) is 4.37. The summed E-state index contributed by atoms with van der Waals surface area (Å²) in [5.41, 5.74) is 0.415. The molecule has 1 unspecified atom stereocenters. The molecule has 21 heavy (non-hydrogen) atoms. The molecule has 0 aliphatic carbocycles. The molecular weight excluding hydrogens is 278 g/mol. The van der Waals surface area contributed by atoms with Crippen LogP contribution < -0.4 is 4.74 Å². The van der Waals surface area contributed by atoms with Crippen LogP contribution in [0.15, 0.2) is 48.5 Å². The van der Waals surface area contributed by atoms with Gasteiger partial charge in [-0.05, 0) is 29.8 Å². The maximum Gasteiger partial charge on any atom is 0.316 e. The minimum Gasteiger partial charge on any atom is -0.489 e. The summed E-state index contributed by atoms with van der Waals surface area (Å²) in [6, 6.07) is 11.4. The predicted octanol–water partition coefficient (Wildman–Crippen LogP) is 3.30. The van der Waals surface area contributed by atoms with Crippen molar-refractivity contribution in [2.45, 2.75) is 5.92 Å². The van der Waals surface area contributed by atoms with E-state index in [-0.39, 0.29) is 12.4 Å². The smallest absolute Gasteiger partial charge is 0.316 e. The standard InChI is InChI=1S/C16H14F2O3/c1-20-16(19)13(11-5-4-6-12(17)9-11)10-21-15-8-3-2-7-14(15)18/h2-9,13H,10H2,1H3. The van der Waals surface area contributed by atoms with Gasteiger partial charge in [-0.15, -0.1) is 0 Å². The van der Waals surface area contributed by atoms with Crippen molar-refractivity contribution in [3.63, 3.8) is 0 Å². The van der Waals surface area contributed by atoms with Crippen LogP contribution in [0.4, 0.5) is 8.78 Å². The van der Waals surface area contributed by atoms with Gasteiger partial charge < -0.3 is 9.47 Å². The van der Waals surface area contributed by atoms with Gasteiger partial charge in [0.05, 0.1) is 7.11 Å². The Balaban J connectivity index is 2.18. The van der Waals surface area contributed by atoms with Crippen LogP contribution >= 0.6 is 0 Å². The molecule has 0 saturated carbocycles. The van der Waals surface area contributed by atoms with Crippen LogP contribution in [0.25, 0.3) is 0 Å². The van der Waals surface area contributed by atoms with E-state index in [1.807, 2.05) is 0 Å². The maximum atomic E-state index is 13.5. The van der Waals surface area contributed by atoms with E-state index in [0.29, 0.717) is 5.56 Å². The Kier molecular flexibility index (Phi) is 4.87. The number of halogens is 2. The molecule has 2 rings (SSSR count). The molecule has 110 valence electrons. The first-order valence-electron chi connectivity index (χ1n) is 6.32. The molecule has 2 aromatic carbocycles. The molecule has 5 heteroatoms. The summed E-state index contributed by atoms with van der Waals surface area (Å²) in [4.78, 5) is 11.8. The third-order valence-corrected chi connectivity index (χ3v) is 2.98. The lowest BCUT2D eigenvalue weighted by atomic mass is 10.00. The molecule has 0 aliphatic rings.